The maximum absolute atomic E-state index is 13.2. The second-order valence-corrected chi connectivity index (χ2v) is 9.98. The number of aromatic nitrogens is 2. The molecule has 1 aromatic rings. The lowest BCUT2D eigenvalue weighted by Crippen LogP contribution is -2.52. The highest BCUT2D eigenvalue weighted by molar-refractivity contribution is 7.89. The first-order valence-electron chi connectivity index (χ1n) is 10.1. The van der Waals surface area contributed by atoms with Crippen molar-refractivity contribution >= 4 is 15.9 Å². The highest BCUT2D eigenvalue weighted by atomic mass is 32.2. The molecule has 2 fully saturated rings. The summed E-state index contributed by atoms with van der Waals surface area (Å²) in [7, 11) is -3.60. The molecule has 1 saturated carbocycles. The van der Waals surface area contributed by atoms with Crippen LogP contribution in [0, 0.1) is 19.8 Å². The molecule has 1 aliphatic carbocycles. The van der Waals surface area contributed by atoms with Crippen LogP contribution in [0.4, 0.5) is 0 Å². The van der Waals surface area contributed by atoms with Gasteiger partial charge in [0.05, 0.1) is 11.4 Å². The van der Waals surface area contributed by atoms with Gasteiger partial charge in [0.15, 0.2) is 0 Å². The quantitative estimate of drug-likeness (QED) is 0.784. The average Bonchev–Trinajstić information content (AvgIpc) is 2.97. The number of nitrogens with zero attached hydrogens (tertiary/aromatic N) is 4. The number of carbonyl (C=O) groups is 1. The molecular weight excluding hydrogens is 364 g/mol. The monoisotopic (exact) mass is 396 g/mol. The highest BCUT2D eigenvalue weighted by Gasteiger charge is 2.35. The standard InChI is InChI=1S/C19H32N4O3S/c1-14(2)23-16(4)18(15(3)20-23)27(25,26)22-12-10-21(11-13-22)19(24)17-8-6-5-7-9-17/h14,17H,5-13H2,1-4H3. The third-order valence-electron chi connectivity index (χ3n) is 5.85. The molecule has 1 saturated heterocycles. The van der Waals surface area contributed by atoms with Crippen LogP contribution in [0.25, 0.3) is 0 Å². The summed E-state index contributed by atoms with van der Waals surface area (Å²) in [4.78, 5) is 14.9. The first-order chi connectivity index (χ1) is 12.7. The van der Waals surface area contributed by atoms with E-state index >= 15 is 0 Å². The summed E-state index contributed by atoms with van der Waals surface area (Å²) in [5, 5.41) is 4.42. The zero-order chi connectivity index (χ0) is 19.8. The van der Waals surface area contributed by atoms with E-state index in [0.29, 0.717) is 42.5 Å². The van der Waals surface area contributed by atoms with E-state index in [9.17, 15) is 13.2 Å². The zero-order valence-corrected chi connectivity index (χ0v) is 17.8. The van der Waals surface area contributed by atoms with E-state index in [4.69, 9.17) is 0 Å². The Labute approximate surface area is 162 Å². The highest BCUT2D eigenvalue weighted by Crippen LogP contribution is 2.28. The minimum Gasteiger partial charge on any atom is -0.340 e. The number of sulfonamides is 1. The van der Waals surface area contributed by atoms with Crippen molar-refractivity contribution in [1.29, 1.82) is 0 Å². The van der Waals surface area contributed by atoms with Crippen molar-refractivity contribution in [2.24, 2.45) is 5.92 Å². The van der Waals surface area contributed by atoms with Crippen LogP contribution in [0.2, 0.25) is 0 Å². The molecular formula is C19H32N4O3S. The molecule has 1 aliphatic heterocycles. The fourth-order valence-corrected chi connectivity index (χ4v) is 6.19. The Morgan fingerprint density at radius 2 is 1.63 bits per heavy atom. The minimum absolute atomic E-state index is 0.109. The molecule has 7 nitrogen and oxygen atoms in total. The molecule has 0 unspecified atom stereocenters. The number of amides is 1. The number of aryl methyl sites for hydroxylation is 1. The summed E-state index contributed by atoms with van der Waals surface area (Å²) in [5.74, 6) is 0.349. The number of piperazine rings is 1. The third kappa shape index (κ3) is 3.92. The number of carbonyl (C=O) groups excluding carboxylic acids is 1. The average molecular weight is 397 g/mol. The Hall–Kier alpha value is -1.41. The van der Waals surface area contributed by atoms with Crippen molar-refractivity contribution in [3.63, 3.8) is 0 Å². The molecule has 8 heteroatoms. The lowest BCUT2D eigenvalue weighted by Gasteiger charge is -2.36. The van der Waals surface area contributed by atoms with Crippen LogP contribution in [-0.4, -0.2) is 59.5 Å². The molecule has 2 heterocycles. The molecule has 27 heavy (non-hydrogen) atoms. The maximum Gasteiger partial charge on any atom is 0.246 e. The smallest absolute Gasteiger partial charge is 0.246 e. The van der Waals surface area contributed by atoms with Crippen LogP contribution < -0.4 is 0 Å². The van der Waals surface area contributed by atoms with Crippen LogP contribution in [0.3, 0.4) is 0 Å². The number of hydrogen-bond donors (Lipinski definition) is 0. The van der Waals surface area contributed by atoms with E-state index in [2.05, 4.69) is 5.10 Å². The Bertz CT molecular complexity index is 786. The molecule has 0 bridgehead atoms. The first kappa shape index (κ1) is 20.3. The summed E-state index contributed by atoms with van der Waals surface area (Å²) in [6.07, 6.45) is 5.43. The predicted octanol–water partition coefficient (Wildman–Crippen LogP) is 2.49. The Kier molecular flexibility index (Phi) is 5.96. The van der Waals surface area contributed by atoms with Crippen LogP contribution in [0.1, 0.15) is 63.4 Å². The van der Waals surface area contributed by atoms with Gasteiger partial charge in [-0.05, 0) is 40.5 Å². The van der Waals surface area contributed by atoms with Gasteiger partial charge in [-0.15, -0.1) is 0 Å². The maximum atomic E-state index is 13.2. The normalized spacial score (nSPS) is 20.4. The minimum atomic E-state index is -3.60. The molecule has 0 spiro atoms. The van der Waals surface area contributed by atoms with Crippen LogP contribution in [0.15, 0.2) is 4.90 Å². The van der Waals surface area contributed by atoms with Gasteiger partial charge in [0.1, 0.15) is 4.90 Å². The van der Waals surface area contributed by atoms with E-state index in [1.807, 2.05) is 25.7 Å². The van der Waals surface area contributed by atoms with Crippen molar-refractivity contribution in [2.75, 3.05) is 26.2 Å². The third-order valence-corrected chi connectivity index (χ3v) is 8.00. The molecule has 0 atom stereocenters. The summed E-state index contributed by atoms with van der Waals surface area (Å²) in [5.41, 5.74) is 1.23. The van der Waals surface area contributed by atoms with E-state index in [1.165, 1.54) is 10.7 Å². The van der Waals surface area contributed by atoms with Crippen LogP contribution in [-0.2, 0) is 14.8 Å². The largest absolute Gasteiger partial charge is 0.340 e. The van der Waals surface area contributed by atoms with Crippen molar-refractivity contribution < 1.29 is 13.2 Å². The van der Waals surface area contributed by atoms with Gasteiger partial charge in [-0.3, -0.25) is 9.48 Å². The van der Waals surface area contributed by atoms with E-state index in [-0.39, 0.29) is 17.9 Å². The fourth-order valence-electron chi connectivity index (χ4n) is 4.41. The molecule has 1 amide bonds. The van der Waals surface area contributed by atoms with Gasteiger partial charge < -0.3 is 4.90 Å². The molecule has 0 aromatic carbocycles. The van der Waals surface area contributed by atoms with Gasteiger partial charge in [0.2, 0.25) is 15.9 Å². The lowest BCUT2D eigenvalue weighted by molar-refractivity contribution is -0.137. The molecule has 0 N–H and O–H groups in total. The Morgan fingerprint density at radius 3 is 2.15 bits per heavy atom. The Balaban J connectivity index is 1.71. The van der Waals surface area contributed by atoms with Crippen LogP contribution >= 0.6 is 0 Å². The second kappa shape index (κ2) is 7.91. The van der Waals surface area contributed by atoms with Gasteiger partial charge in [0, 0.05) is 38.1 Å². The van der Waals surface area contributed by atoms with E-state index in [1.54, 1.807) is 11.6 Å². The first-order valence-corrected chi connectivity index (χ1v) is 11.5. The van der Waals surface area contributed by atoms with Gasteiger partial charge in [-0.2, -0.15) is 9.40 Å². The zero-order valence-electron chi connectivity index (χ0n) is 16.9. The predicted molar refractivity (Wildman–Crippen MR) is 104 cm³/mol. The number of hydrogen-bond acceptors (Lipinski definition) is 4. The van der Waals surface area contributed by atoms with E-state index < -0.39 is 10.0 Å². The SMILES string of the molecule is Cc1nn(C(C)C)c(C)c1S(=O)(=O)N1CCN(C(=O)C2CCCCC2)CC1. The van der Waals surface area contributed by atoms with Gasteiger partial charge in [-0.25, -0.2) is 8.42 Å². The van der Waals surface area contributed by atoms with Crippen molar-refractivity contribution in [3.8, 4) is 0 Å². The molecule has 3 rings (SSSR count). The second-order valence-electron chi connectivity index (χ2n) is 8.10. The summed E-state index contributed by atoms with van der Waals surface area (Å²) in [6, 6.07) is 0.109. The topological polar surface area (TPSA) is 75.5 Å². The molecule has 0 radical (unpaired) electrons. The van der Waals surface area contributed by atoms with Crippen molar-refractivity contribution in [2.45, 2.75) is 70.7 Å². The van der Waals surface area contributed by atoms with Crippen LogP contribution in [0.5, 0.6) is 0 Å². The van der Waals surface area contributed by atoms with Crippen molar-refractivity contribution in [3.05, 3.63) is 11.4 Å². The van der Waals surface area contributed by atoms with Gasteiger partial charge in [0.25, 0.3) is 0 Å². The molecule has 152 valence electrons. The lowest BCUT2D eigenvalue weighted by atomic mass is 9.88. The number of rotatable bonds is 4. The van der Waals surface area contributed by atoms with Gasteiger partial charge >= 0.3 is 0 Å². The van der Waals surface area contributed by atoms with Gasteiger partial charge in [-0.1, -0.05) is 19.3 Å². The van der Waals surface area contributed by atoms with E-state index in [0.717, 1.165) is 25.7 Å². The summed E-state index contributed by atoms with van der Waals surface area (Å²) < 4.78 is 29.7. The Morgan fingerprint density at radius 1 is 1.04 bits per heavy atom. The summed E-state index contributed by atoms with van der Waals surface area (Å²) in [6.45, 7) is 9.21. The summed E-state index contributed by atoms with van der Waals surface area (Å²) >= 11 is 0. The van der Waals surface area contributed by atoms with Crippen molar-refractivity contribution in [1.82, 2.24) is 19.0 Å². The molecule has 1 aromatic heterocycles. The fraction of sp³-hybridized carbons (Fsp3) is 0.789. The molecule has 2 aliphatic rings.